The number of carbonyl (C=O) groups is 1. The van der Waals surface area contributed by atoms with E-state index in [2.05, 4.69) is 24.5 Å². The van der Waals surface area contributed by atoms with Crippen LogP contribution >= 0.6 is 12.6 Å². The van der Waals surface area contributed by atoms with Crippen LogP contribution in [-0.2, 0) is 0 Å². The molecule has 1 saturated heterocycles. The molecule has 1 amide bonds. The Morgan fingerprint density at radius 1 is 1.32 bits per heavy atom. The second-order valence-corrected chi connectivity index (χ2v) is 5.31. The molecule has 19 heavy (non-hydrogen) atoms. The van der Waals surface area contributed by atoms with E-state index in [1.165, 1.54) is 12.1 Å². The lowest BCUT2D eigenvalue weighted by Gasteiger charge is -2.34. The summed E-state index contributed by atoms with van der Waals surface area (Å²) in [5, 5.41) is 0. The minimum absolute atomic E-state index is 0.122. The summed E-state index contributed by atoms with van der Waals surface area (Å²) in [7, 11) is 0. The lowest BCUT2D eigenvalue weighted by molar-refractivity contribution is 0.0632. The van der Waals surface area contributed by atoms with E-state index in [1.54, 1.807) is 11.0 Å². The van der Waals surface area contributed by atoms with Crippen LogP contribution in [0.3, 0.4) is 0 Å². The van der Waals surface area contributed by atoms with E-state index in [-0.39, 0.29) is 11.5 Å². The fourth-order valence-electron chi connectivity index (χ4n) is 2.34. The number of hydrogen-bond donors (Lipinski definition) is 1. The highest BCUT2D eigenvalue weighted by Crippen LogP contribution is 2.16. The van der Waals surface area contributed by atoms with Crippen molar-refractivity contribution in [2.24, 2.45) is 0 Å². The number of rotatable bonds is 3. The third-order valence-corrected chi connectivity index (χ3v) is 3.66. The highest BCUT2D eigenvalue weighted by Gasteiger charge is 2.23. The topological polar surface area (TPSA) is 23.6 Å². The second-order valence-electron chi connectivity index (χ2n) is 4.80. The van der Waals surface area contributed by atoms with Crippen LogP contribution in [0.15, 0.2) is 23.1 Å². The maximum atomic E-state index is 13.7. The standard InChI is InChI=1S/C14H19FN2OS/c1-2-5-16-6-8-17(9-7-16)14(18)12-10-11(19)3-4-13(12)15/h3-4,10,19H,2,5-9H2,1H3. The van der Waals surface area contributed by atoms with Gasteiger partial charge in [0.15, 0.2) is 0 Å². The van der Waals surface area contributed by atoms with Gasteiger partial charge in [0, 0.05) is 31.1 Å². The van der Waals surface area contributed by atoms with E-state index in [4.69, 9.17) is 0 Å². The molecule has 0 saturated carbocycles. The molecule has 104 valence electrons. The molecule has 0 radical (unpaired) electrons. The molecule has 1 aliphatic heterocycles. The maximum Gasteiger partial charge on any atom is 0.256 e. The van der Waals surface area contributed by atoms with E-state index in [9.17, 15) is 9.18 Å². The fraction of sp³-hybridized carbons (Fsp3) is 0.500. The van der Waals surface area contributed by atoms with Crippen molar-refractivity contribution in [2.75, 3.05) is 32.7 Å². The Kier molecular flexibility index (Phi) is 4.82. The zero-order chi connectivity index (χ0) is 13.8. The van der Waals surface area contributed by atoms with Gasteiger partial charge >= 0.3 is 0 Å². The molecule has 5 heteroatoms. The molecule has 1 aliphatic rings. The number of nitrogens with zero attached hydrogens (tertiary/aromatic N) is 2. The quantitative estimate of drug-likeness (QED) is 0.860. The number of amides is 1. The van der Waals surface area contributed by atoms with Crippen LogP contribution < -0.4 is 0 Å². The first-order valence-electron chi connectivity index (χ1n) is 6.62. The highest BCUT2D eigenvalue weighted by atomic mass is 32.1. The van der Waals surface area contributed by atoms with Gasteiger partial charge in [-0.3, -0.25) is 9.69 Å². The van der Waals surface area contributed by atoms with E-state index in [0.717, 1.165) is 26.1 Å². The van der Waals surface area contributed by atoms with Crippen LogP contribution in [0.4, 0.5) is 4.39 Å². The van der Waals surface area contributed by atoms with E-state index in [0.29, 0.717) is 18.0 Å². The Balaban J connectivity index is 2.03. The van der Waals surface area contributed by atoms with E-state index >= 15 is 0 Å². The zero-order valence-electron chi connectivity index (χ0n) is 11.1. The van der Waals surface area contributed by atoms with Gasteiger partial charge < -0.3 is 4.90 Å². The van der Waals surface area contributed by atoms with Gasteiger partial charge in [0.25, 0.3) is 5.91 Å². The van der Waals surface area contributed by atoms with Crippen LogP contribution in [0.25, 0.3) is 0 Å². The van der Waals surface area contributed by atoms with Gasteiger partial charge in [-0.15, -0.1) is 12.6 Å². The van der Waals surface area contributed by atoms with Crippen molar-refractivity contribution in [1.82, 2.24) is 9.80 Å². The Morgan fingerprint density at radius 3 is 2.63 bits per heavy atom. The van der Waals surface area contributed by atoms with Crippen molar-refractivity contribution in [3.05, 3.63) is 29.6 Å². The smallest absolute Gasteiger partial charge is 0.256 e. The van der Waals surface area contributed by atoms with Gasteiger partial charge in [-0.2, -0.15) is 0 Å². The summed E-state index contributed by atoms with van der Waals surface area (Å²) in [6.45, 7) is 6.25. The zero-order valence-corrected chi connectivity index (χ0v) is 12.0. The Labute approximate surface area is 118 Å². The molecule has 3 nitrogen and oxygen atoms in total. The molecule has 0 aromatic heterocycles. The molecule has 1 fully saturated rings. The highest BCUT2D eigenvalue weighted by molar-refractivity contribution is 7.80. The van der Waals surface area contributed by atoms with Crippen molar-refractivity contribution in [3.63, 3.8) is 0 Å². The molecule has 2 rings (SSSR count). The Morgan fingerprint density at radius 2 is 2.00 bits per heavy atom. The molecule has 0 aliphatic carbocycles. The van der Waals surface area contributed by atoms with Gasteiger partial charge in [0.2, 0.25) is 0 Å². The van der Waals surface area contributed by atoms with Crippen molar-refractivity contribution >= 4 is 18.5 Å². The first kappa shape index (κ1) is 14.3. The van der Waals surface area contributed by atoms with Crippen LogP contribution in [0.2, 0.25) is 0 Å². The van der Waals surface area contributed by atoms with Crippen molar-refractivity contribution in [3.8, 4) is 0 Å². The predicted octanol–water partition coefficient (Wildman–Crippen LogP) is 2.28. The minimum atomic E-state index is -0.473. The third-order valence-electron chi connectivity index (χ3n) is 3.38. The summed E-state index contributed by atoms with van der Waals surface area (Å²) >= 11 is 4.16. The fourth-order valence-corrected chi connectivity index (χ4v) is 2.54. The Bertz CT molecular complexity index is 459. The molecular formula is C14H19FN2OS. The summed E-state index contributed by atoms with van der Waals surface area (Å²) in [6, 6.07) is 4.34. The lowest BCUT2D eigenvalue weighted by Crippen LogP contribution is -2.48. The first-order chi connectivity index (χ1) is 9.11. The van der Waals surface area contributed by atoms with Crippen LogP contribution in [0, 0.1) is 5.82 Å². The summed E-state index contributed by atoms with van der Waals surface area (Å²) in [4.78, 5) is 16.9. The second kappa shape index (κ2) is 6.39. The number of halogens is 1. The molecule has 0 unspecified atom stereocenters. The number of thiol groups is 1. The number of benzene rings is 1. The molecule has 0 N–H and O–H groups in total. The SMILES string of the molecule is CCCN1CCN(C(=O)c2cc(S)ccc2F)CC1. The molecule has 0 bridgehead atoms. The molecule has 0 atom stereocenters. The van der Waals surface area contributed by atoms with Crippen LogP contribution in [0.5, 0.6) is 0 Å². The monoisotopic (exact) mass is 282 g/mol. The largest absolute Gasteiger partial charge is 0.336 e. The summed E-state index contributed by atoms with van der Waals surface area (Å²) < 4.78 is 13.7. The third kappa shape index (κ3) is 3.48. The van der Waals surface area contributed by atoms with Gasteiger partial charge in [-0.25, -0.2) is 4.39 Å². The molecule has 0 spiro atoms. The normalized spacial score (nSPS) is 16.7. The lowest BCUT2D eigenvalue weighted by atomic mass is 10.1. The maximum absolute atomic E-state index is 13.7. The number of carbonyl (C=O) groups excluding carboxylic acids is 1. The van der Waals surface area contributed by atoms with Gasteiger partial charge in [0.05, 0.1) is 5.56 Å². The van der Waals surface area contributed by atoms with E-state index in [1.807, 2.05) is 0 Å². The summed E-state index contributed by atoms with van der Waals surface area (Å²) in [5.41, 5.74) is 0.122. The van der Waals surface area contributed by atoms with Crippen LogP contribution in [-0.4, -0.2) is 48.4 Å². The number of hydrogen-bond acceptors (Lipinski definition) is 3. The average Bonchev–Trinajstić information content (AvgIpc) is 2.42. The summed E-state index contributed by atoms with van der Waals surface area (Å²) in [5.74, 6) is -0.705. The predicted molar refractivity (Wildman–Crippen MR) is 76.3 cm³/mol. The average molecular weight is 282 g/mol. The first-order valence-corrected chi connectivity index (χ1v) is 7.06. The molecule has 1 aromatic rings. The Hall–Kier alpha value is -1.07. The minimum Gasteiger partial charge on any atom is -0.336 e. The summed E-state index contributed by atoms with van der Waals surface area (Å²) in [6.07, 6.45) is 1.12. The van der Waals surface area contributed by atoms with Crippen molar-refractivity contribution in [1.29, 1.82) is 0 Å². The number of piperazine rings is 1. The molecule has 1 heterocycles. The van der Waals surface area contributed by atoms with Crippen molar-refractivity contribution in [2.45, 2.75) is 18.2 Å². The molecule has 1 aromatic carbocycles. The van der Waals surface area contributed by atoms with Crippen LogP contribution in [0.1, 0.15) is 23.7 Å². The van der Waals surface area contributed by atoms with Gasteiger partial charge in [0.1, 0.15) is 5.82 Å². The van der Waals surface area contributed by atoms with Crippen molar-refractivity contribution < 1.29 is 9.18 Å². The van der Waals surface area contributed by atoms with Gasteiger partial charge in [-0.1, -0.05) is 6.92 Å². The van der Waals surface area contributed by atoms with E-state index < -0.39 is 5.82 Å². The molecular weight excluding hydrogens is 263 g/mol. The van der Waals surface area contributed by atoms with Gasteiger partial charge in [-0.05, 0) is 31.2 Å².